The molecule has 0 heteroatoms. The highest BCUT2D eigenvalue weighted by Crippen LogP contribution is 2.69. The van der Waals surface area contributed by atoms with Gasteiger partial charge < -0.3 is 0 Å². The summed E-state index contributed by atoms with van der Waals surface area (Å²) in [5, 5.41) is 0. The van der Waals surface area contributed by atoms with Gasteiger partial charge in [0.1, 0.15) is 0 Å². The highest BCUT2D eigenvalue weighted by molar-refractivity contribution is 5.08. The van der Waals surface area contributed by atoms with Crippen molar-refractivity contribution in [3.8, 4) is 0 Å². The molecule has 0 aromatic carbocycles. The fraction of sp³-hybridized carbons (Fsp3) is 1.00. The average molecular weight is 180 g/mol. The van der Waals surface area contributed by atoms with Crippen LogP contribution in [0.1, 0.15) is 59.8 Å². The Hall–Kier alpha value is 0. The van der Waals surface area contributed by atoms with Gasteiger partial charge in [-0.25, -0.2) is 0 Å². The molecule has 0 amide bonds. The SMILES string of the molecule is CC(C)C12CCCC(C(C)C)(C1)C2. The van der Waals surface area contributed by atoms with Crippen molar-refractivity contribution in [1.82, 2.24) is 0 Å². The Morgan fingerprint density at radius 1 is 0.769 bits per heavy atom. The fourth-order valence-corrected chi connectivity index (χ4v) is 3.89. The maximum absolute atomic E-state index is 2.43. The summed E-state index contributed by atoms with van der Waals surface area (Å²) in [4.78, 5) is 0. The van der Waals surface area contributed by atoms with Crippen molar-refractivity contribution < 1.29 is 0 Å². The average Bonchev–Trinajstić information content (AvgIpc) is 2.02. The van der Waals surface area contributed by atoms with Gasteiger partial charge >= 0.3 is 0 Å². The van der Waals surface area contributed by atoms with Crippen LogP contribution >= 0.6 is 0 Å². The van der Waals surface area contributed by atoms with E-state index in [1.165, 1.54) is 32.1 Å². The first-order valence-electron chi connectivity index (χ1n) is 6.01. The van der Waals surface area contributed by atoms with Crippen molar-refractivity contribution in [1.29, 1.82) is 0 Å². The molecule has 3 aliphatic rings. The molecule has 3 fully saturated rings. The summed E-state index contributed by atoms with van der Waals surface area (Å²) in [6.07, 6.45) is 7.60. The Balaban J connectivity index is 2.11. The molecule has 0 aromatic heterocycles. The molecule has 2 bridgehead atoms. The molecule has 0 aliphatic heterocycles. The van der Waals surface area contributed by atoms with Gasteiger partial charge in [-0.1, -0.05) is 34.1 Å². The van der Waals surface area contributed by atoms with E-state index in [4.69, 9.17) is 0 Å². The molecule has 76 valence electrons. The molecule has 3 rings (SSSR count). The standard InChI is InChI=1S/C13H24/c1-10(2)12-6-5-7-13(8-12,9-12)11(3)4/h10-11H,5-9H2,1-4H3. The molecule has 0 unspecified atom stereocenters. The van der Waals surface area contributed by atoms with E-state index in [1.54, 1.807) is 0 Å². The quantitative estimate of drug-likeness (QED) is 0.596. The molecular weight excluding hydrogens is 156 g/mol. The summed E-state index contributed by atoms with van der Waals surface area (Å²) < 4.78 is 0. The number of hydrogen-bond donors (Lipinski definition) is 0. The van der Waals surface area contributed by atoms with Gasteiger partial charge in [-0.3, -0.25) is 0 Å². The van der Waals surface area contributed by atoms with Crippen molar-refractivity contribution in [3.63, 3.8) is 0 Å². The van der Waals surface area contributed by atoms with Gasteiger partial charge in [0, 0.05) is 0 Å². The Morgan fingerprint density at radius 3 is 1.46 bits per heavy atom. The van der Waals surface area contributed by atoms with Crippen LogP contribution in [-0.2, 0) is 0 Å². The lowest BCUT2D eigenvalue weighted by molar-refractivity contribution is -0.147. The highest BCUT2D eigenvalue weighted by Gasteiger charge is 2.58. The van der Waals surface area contributed by atoms with Gasteiger partial charge in [0.2, 0.25) is 0 Å². The molecule has 0 saturated heterocycles. The molecule has 0 radical (unpaired) electrons. The van der Waals surface area contributed by atoms with Gasteiger partial charge in [-0.15, -0.1) is 0 Å². The van der Waals surface area contributed by atoms with Crippen molar-refractivity contribution >= 4 is 0 Å². The van der Waals surface area contributed by atoms with E-state index in [9.17, 15) is 0 Å². The first-order chi connectivity index (χ1) is 6.01. The fourth-order valence-electron chi connectivity index (χ4n) is 3.89. The summed E-state index contributed by atoms with van der Waals surface area (Å²) in [5.74, 6) is 1.83. The second-order valence-electron chi connectivity index (χ2n) is 6.24. The summed E-state index contributed by atoms with van der Waals surface area (Å²) in [5.41, 5.74) is 1.53. The molecule has 0 N–H and O–H groups in total. The minimum absolute atomic E-state index is 0.766. The molecule has 0 heterocycles. The van der Waals surface area contributed by atoms with Crippen molar-refractivity contribution in [2.24, 2.45) is 22.7 Å². The summed E-state index contributed by atoms with van der Waals surface area (Å²) in [6, 6.07) is 0. The van der Waals surface area contributed by atoms with Crippen LogP contribution in [0.4, 0.5) is 0 Å². The molecule has 3 aliphatic carbocycles. The predicted molar refractivity (Wildman–Crippen MR) is 57.6 cm³/mol. The Kier molecular flexibility index (Phi) is 2.02. The van der Waals surface area contributed by atoms with E-state index < -0.39 is 0 Å². The first kappa shape index (κ1) is 9.55. The summed E-state index contributed by atoms with van der Waals surface area (Å²) in [7, 11) is 0. The molecule has 0 aromatic rings. The lowest BCUT2D eigenvalue weighted by Crippen LogP contribution is -2.55. The van der Waals surface area contributed by atoms with Crippen LogP contribution in [-0.4, -0.2) is 0 Å². The minimum atomic E-state index is 0.766. The molecule has 0 nitrogen and oxygen atoms in total. The van der Waals surface area contributed by atoms with E-state index in [0.29, 0.717) is 0 Å². The van der Waals surface area contributed by atoms with Crippen LogP contribution in [0.3, 0.4) is 0 Å². The highest BCUT2D eigenvalue weighted by atomic mass is 14.6. The zero-order valence-electron chi connectivity index (χ0n) is 9.69. The van der Waals surface area contributed by atoms with Crippen LogP contribution < -0.4 is 0 Å². The normalized spacial score (nSPS) is 43.8. The smallest absolute Gasteiger partial charge is 0.0264 e. The maximum Gasteiger partial charge on any atom is -0.0264 e. The van der Waals surface area contributed by atoms with E-state index in [-0.39, 0.29) is 0 Å². The molecule has 13 heavy (non-hydrogen) atoms. The van der Waals surface area contributed by atoms with Crippen molar-refractivity contribution in [3.05, 3.63) is 0 Å². The molecule has 0 atom stereocenters. The van der Waals surface area contributed by atoms with E-state index in [1.807, 2.05) is 0 Å². The maximum atomic E-state index is 2.43. The van der Waals surface area contributed by atoms with E-state index in [0.717, 1.165) is 22.7 Å². The lowest BCUT2D eigenvalue weighted by Gasteiger charge is -2.65. The first-order valence-corrected chi connectivity index (χ1v) is 6.01. The zero-order valence-corrected chi connectivity index (χ0v) is 9.69. The van der Waals surface area contributed by atoms with Crippen molar-refractivity contribution in [2.45, 2.75) is 59.8 Å². The van der Waals surface area contributed by atoms with Crippen LogP contribution in [0.2, 0.25) is 0 Å². The van der Waals surface area contributed by atoms with Gasteiger partial charge in [0.05, 0.1) is 0 Å². The summed E-state index contributed by atoms with van der Waals surface area (Å²) in [6.45, 7) is 9.70. The topological polar surface area (TPSA) is 0 Å². The third-order valence-electron chi connectivity index (χ3n) is 5.21. The van der Waals surface area contributed by atoms with Gasteiger partial charge in [-0.05, 0) is 48.3 Å². The third kappa shape index (κ3) is 1.17. The monoisotopic (exact) mass is 180 g/mol. The van der Waals surface area contributed by atoms with Gasteiger partial charge in [-0.2, -0.15) is 0 Å². The predicted octanol–water partition coefficient (Wildman–Crippen LogP) is 4.25. The van der Waals surface area contributed by atoms with Crippen molar-refractivity contribution in [2.75, 3.05) is 0 Å². The minimum Gasteiger partial charge on any atom is -0.0622 e. The number of hydrogen-bond acceptors (Lipinski definition) is 0. The molecular formula is C13H24. The Morgan fingerprint density at radius 2 is 1.15 bits per heavy atom. The van der Waals surface area contributed by atoms with E-state index in [2.05, 4.69) is 27.7 Å². The Labute approximate surface area is 83.1 Å². The number of rotatable bonds is 2. The summed E-state index contributed by atoms with van der Waals surface area (Å²) >= 11 is 0. The lowest BCUT2D eigenvalue weighted by atomic mass is 9.40. The van der Waals surface area contributed by atoms with Crippen LogP contribution in [0, 0.1) is 22.7 Å². The second-order valence-corrected chi connectivity index (χ2v) is 6.24. The third-order valence-corrected chi connectivity index (χ3v) is 5.21. The van der Waals surface area contributed by atoms with Crippen LogP contribution in [0.25, 0.3) is 0 Å². The second kappa shape index (κ2) is 2.74. The molecule has 3 saturated carbocycles. The molecule has 0 spiro atoms. The number of fused-ring (bicyclic) bond motifs is 2. The zero-order chi connectivity index (χ0) is 9.69. The van der Waals surface area contributed by atoms with Gasteiger partial charge in [0.15, 0.2) is 0 Å². The van der Waals surface area contributed by atoms with Gasteiger partial charge in [0.25, 0.3) is 0 Å². The largest absolute Gasteiger partial charge is 0.0622 e. The van der Waals surface area contributed by atoms with Crippen LogP contribution in [0.5, 0.6) is 0 Å². The Bertz CT molecular complexity index is 174. The van der Waals surface area contributed by atoms with E-state index >= 15 is 0 Å². The van der Waals surface area contributed by atoms with Crippen LogP contribution in [0.15, 0.2) is 0 Å².